The summed E-state index contributed by atoms with van der Waals surface area (Å²) in [5.41, 5.74) is 2.59. The van der Waals surface area contributed by atoms with E-state index in [-0.39, 0.29) is 30.8 Å². The van der Waals surface area contributed by atoms with Crippen molar-refractivity contribution >= 4 is 11.8 Å². The molecule has 0 heterocycles. The zero-order valence-electron chi connectivity index (χ0n) is 20.4. The van der Waals surface area contributed by atoms with Crippen LogP contribution in [-0.4, -0.2) is 29.4 Å². The molecule has 0 radical (unpaired) electrons. The van der Waals surface area contributed by atoms with Crippen molar-refractivity contribution in [1.82, 2.24) is 10.2 Å². The van der Waals surface area contributed by atoms with Gasteiger partial charge >= 0.3 is 0 Å². The Hall–Kier alpha value is -4.45. The summed E-state index contributed by atoms with van der Waals surface area (Å²) in [6.45, 7) is 0.236. The third-order valence-electron chi connectivity index (χ3n) is 5.95. The number of nitrogens with zero attached hydrogens (tertiary/aromatic N) is 1. The van der Waals surface area contributed by atoms with Gasteiger partial charge in [0.25, 0.3) is 5.91 Å². The number of benzene rings is 4. The van der Waals surface area contributed by atoms with Crippen molar-refractivity contribution in [3.05, 3.63) is 138 Å². The maximum Gasteiger partial charge on any atom is 0.261 e. The van der Waals surface area contributed by atoms with Gasteiger partial charge in [-0.3, -0.25) is 9.59 Å². The minimum absolute atomic E-state index is 0.132. The van der Waals surface area contributed by atoms with Gasteiger partial charge in [-0.2, -0.15) is 0 Å². The Morgan fingerprint density at radius 3 is 1.92 bits per heavy atom. The fourth-order valence-corrected chi connectivity index (χ4v) is 3.99. The van der Waals surface area contributed by atoms with Gasteiger partial charge in [-0.05, 0) is 41.0 Å². The molecule has 0 aliphatic carbocycles. The summed E-state index contributed by atoms with van der Waals surface area (Å²) < 4.78 is 19.3. The topological polar surface area (TPSA) is 58.6 Å². The van der Waals surface area contributed by atoms with Crippen LogP contribution in [0.1, 0.15) is 16.7 Å². The highest BCUT2D eigenvalue weighted by Crippen LogP contribution is 2.17. The molecule has 2 amide bonds. The lowest BCUT2D eigenvalue weighted by Gasteiger charge is -2.31. The fourth-order valence-electron chi connectivity index (χ4n) is 3.99. The summed E-state index contributed by atoms with van der Waals surface area (Å²) in [5.74, 6) is -0.423. The summed E-state index contributed by atoms with van der Waals surface area (Å²) in [4.78, 5) is 28.6. The van der Waals surface area contributed by atoms with E-state index in [1.54, 1.807) is 24.3 Å². The predicted molar refractivity (Wildman–Crippen MR) is 141 cm³/mol. The van der Waals surface area contributed by atoms with Gasteiger partial charge in [0.15, 0.2) is 6.61 Å². The molecule has 0 unspecified atom stereocenters. The molecule has 0 fully saturated rings. The number of carbonyl (C=O) groups is 2. The van der Waals surface area contributed by atoms with E-state index in [1.165, 1.54) is 17.0 Å². The molecular formula is C31H29FN2O3. The van der Waals surface area contributed by atoms with Crippen molar-refractivity contribution in [3.63, 3.8) is 0 Å². The first-order valence-corrected chi connectivity index (χ1v) is 12.2. The Labute approximate surface area is 216 Å². The molecule has 0 bridgehead atoms. The third kappa shape index (κ3) is 7.77. The van der Waals surface area contributed by atoms with Crippen LogP contribution in [0.3, 0.4) is 0 Å². The number of amides is 2. The summed E-state index contributed by atoms with van der Waals surface area (Å²) in [7, 11) is 0. The second kappa shape index (κ2) is 13.0. The Morgan fingerprint density at radius 1 is 0.730 bits per heavy atom. The number of hydrogen-bond donors (Lipinski definition) is 1. The van der Waals surface area contributed by atoms with Crippen LogP contribution in [-0.2, 0) is 29.1 Å². The molecule has 5 nitrogen and oxygen atoms in total. The van der Waals surface area contributed by atoms with Crippen molar-refractivity contribution in [1.29, 1.82) is 0 Å². The van der Waals surface area contributed by atoms with Crippen molar-refractivity contribution < 1.29 is 18.7 Å². The van der Waals surface area contributed by atoms with Gasteiger partial charge in [0.2, 0.25) is 5.91 Å². The van der Waals surface area contributed by atoms with E-state index >= 15 is 0 Å². The standard InChI is InChI=1S/C31H29FN2O3/c32-27-18-16-26(17-19-27)22-34(30(35)23-37-28-14-8-3-9-15-28)29(20-24-10-4-1-5-11-24)31(36)33-21-25-12-6-2-7-13-25/h1-19,29H,20-23H2,(H,33,36)/t29-/m1/s1. The lowest BCUT2D eigenvalue weighted by Crippen LogP contribution is -2.51. The monoisotopic (exact) mass is 496 g/mol. The molecule has 6 heteroatoms. The maximum atomic E-state index is 13.6. The number of halogens is 1. The van der Waals surface area contributed by atoms with Gasteiger partial charge in [0, 0.05) is 19.5 Å². The van der Waals surface area contributed by atoms with E-state index in [0.29, 0.717) is 24.3 Å². The van der Waals surface area contributed by atoms with E-state index in [1.807, 2.05) is 78.9 Å². The van der Waals surface area contributed by atoms with E-state index in [4.69, 9.17) is 4.74 Å². The smallest absolute Gasteiger partial charge is 0.261 e. The van der Waals surface area contributed by atoms with Crippen LogP contribution in [0.2, 0.25) is 0 Å². The molecule has 4 aromatic rings. The summed E-state index contributed by atoms with van der Waals surface area (Å²) in [5, 5.41) is 2.99. The van der Waals surface area contributed by atoms with E-state index in [0.717, 1.165) is 11.1 Å². The predicted octanol–water partition coefficient (Wildman–Crippen LogP) is 5.16. The van der Waals surface area contributed by atoms with Crippen LogP contribution < -0.4 is 10.1 Å². The van der Waals surface area contributed by atoms with E-state index in [9.17, 15) is 14.0 Å². The second-order valence-corrected chi connectivity index (χ2v) is 8.66. The normalized spacial score (nSPS) is 11.4. The number of ether oxygens (including phenoxy) is 1. The van der Waals surface area contributed by atoms with Crippen molar-refractivity contribution in [2.45, 2.75) is 25.6 Å². The first kappa shape index (κ1) is 25.6. The Balaban J connectivity index is 1.60. The largest absolute Gasteiger partial charge is 0.484 e. The molecule has 0 aromatic heterocycles. The minimum Gasteiger partial charge on any atom is -0.484 e. The maximum absolute atomic E-state index is 13.6. The zero-order chi connectivity index (χ0) is 25.9. The first-order chi connectivity index (χ1) is 18.1. The molecule has 0 aliphatic heterocycles. The number of hydrogen-bond acceptors (Lipinski definition) is 3. The lowest BCUT2D eigenvalue weighted by atomic mass is 10.0. The highest BCUT2D eigenvalue weighted by atomic mass is 19.1. The van der Waals surface area contributed by atoms with Gasteiger partial charge in [0.1, 0.15) is 17.6 Å². The molecule has 0 spiro atoms. The summed E-state index contributed by atoms with van der Waals surface area (Å²) in [6, 6.07) is 33.4. The number of nitrogens with one attached hydrogen (secondary N) is 1. The van der Waals surface area contributed by atoms with Crippen LogP contribution >= 0.6 is 0 Å². The molecule has 37 heavy (non-hydrogen) atoms. The molecule has 1 N–H and O–H groups in total. The number of carbonyl (C=O) groups excluding carboxylic acids is 2. The molecule has 4 rings (SSSR count). The minimum atomic E-state index is -0.803. The molecule has 0 saturated heterocycles. The second-order valence-electron chi connectivity index (χ2n) is 8.66. The van der Waals surface area contributed by atoms with Crippen LogP contribution in [0.4, 0.5) is 4.39 Å². The molecule has 1 atom stereocenters. The molecule has 4 aromatic carbocycles. The van der Waals surface area contributed by atoms with Gasteiger partial charge in [-0.25, -0.2) is 4.39 Å². The highest BCUT2D eigenvalue weighted by molar-refractivity contribution is 5.88. The van der Waals surface area contributed by atoms with Crippen molar-refractivity contribution in [2.75, 3.05) is 6.61 Å². The lowest BCUT2D eigenvalue weighted by molar-refractivity contribution is -0.142. The van der Waals surface area contributed by atoms with E-state index in [2.05, 4.69) is 5.32 Å². The van der Waals surface area contributed by atoms with Crippen LogP contribution in [0.25, 0.3) is 0 Å². The van der Waals surface area contributed by atoms with Crippen molar-refractivity contribution in [3.8, 4) is 5.75 Å². The van der Waals surface area contributed by atoms with Gasteiger partial charge < -0.3 is 15.0 Å². The summed E-state index contributed by atoms with van der Waals surface area (Å²) >= 11 is 0. The quantitative estimate of drug-likeness (QED) is 0.312. The molecular weight excluding hydrogens is 467 g/mol. The molecule has 0 saturated carbocycles. The van der Waals surface area contributed by atoms with Gasteiger partial charge in [-0.15, -0.1) is 0 Å². The fraction of sp³-hybridized carbons (Fsp3) is 0.161. The van der Waals surface area contributed by atoms with E-state index < -0.39 is 6.04 Å². The van der Waals surface area contributed by atoms with Crippen LogP contribution in [0.15, 0.2) is 115 Å². The Morgan fingerprint density at radius 2 is 1.30 bits per heavy atom. The third-order valence-corrected chi connectivity index (χ3v) is 5.95. The zero-order valence-corrected chi connectivity index (χ0v) is 20.4. The number of rotatable bonds is 11. The molecule has 0 aliphatic rings. The highest BCUT2D eigenvalue weighted by Gasteiger charge is 2.30. The Bertz CT molecular complexity index is 1270. The van der Waals surface area contributed by atoms with Gasteiger partial charge in [0.05, 0.1) is 0 Å². The van der Waals surface area contributed by atoms with Crippen LogP contribution in [0.5, 0.6) is 5.75 Å². The van der Waals surface area contributed by atoms with Crippen LogP contribution in [0, 0.1) is 5.82 Å². The average molecular weight is 497 g/mol. The summed E-state index contributed by atoms with van der Waals surface area (Å²) in [6.07, 6.45) is 0.319. The average Bonchev–Trinajstić information content (AvgIpc) is 2.95. The SMILES string of the molecule is O=C(NCc1ccccc1)[C@@H](Cc1ccccc1)N(Cc1ccc(F)cc1)C(=O)COc1ccccc1. The van der Waals surface area contributed by atoms with Crippen molar-refractivity contribution in [2.24, 2.45) is 0 Å². The molecule has 188 valence electrons. The Kier molecular flexibility index (Phi) is 9.02. The number of para-hydroxylation sites is 1. The first-order valence-electron chi connectivity index (χ1n) is 12.2. The van der Waals surface area contributed by atoms with Gasteiger partial charge in [-0.1, -0.05) is 91.0 Å².